The van der Waals surface area contributed by atoms with Crippen LogP contribution < -0.4 is 10.6 Å². The number of nitrogens with zero attached hydrogens (tertiary/aromatic N) is 1. The average Bonchev–Trinajstić information content (AvgIpc) is 2.50. The van der Waals surface area contributed by atoms with E-state index in [2.05, 4.69) is 22.6 Å². The van der Waals surface area contributed by atoms with Gasteiger partial charge in [-0.1, -0.05) is 6.42 Å². The predicted molar refractivity (Wildman–Crippen MR) is 113 cm³/mol. The molecule has 0 spiro atoms. The van der Waals surface area contributed by atoms with E-state index in [1.807, 2.05) is 41.5 Å². The molecule has 28 heavy (non-hydrogen) atoms. The summed E-state index contributed by atoms with van der Waals surface area (Å²) in [7, 11) is 2.12. The maximum absolute atomic E-state index is 11.6. The molecule has 0 atom stereocenters. The lowest BCUT2D eigenvalue weighted by Crippen LogP contribution is -2.37. The first-order valence-corrected chi connectivity index (χ1v) is 10.4. The molecule has 0 unspecified atom stereocenters. The molecule has 0 aliphatic rings. The van der Waals surface area contributed by atoms with E-state index in [4.69, 9.17) is 9.47 Å². The molecule has 0 aliphatic heterocycles. The molecule has 0 saturated heterocycles. The zero-order valence-corrected chi connectivity index (χ0v) is 19.2. The summed E-state index contributed by atoms with van der Waals surface area (Å²) in [4.78, 5) is 25.5. The van der Waals surface area contributed by atoms with Crippen LogP contribution in [0, 0.1) is 0 Å². The van der Waals surface area contributed by atoms with Gasteiger partial charge in [-0.2, -0.15) is 0 Å². The third-order valence-electron chi connectivity index (χ3n) is 3.67. The van der Waals surface area contributed by atoms with Crippen LogP contribution in [0.4, 0.5) is 0 Å². The van der Waals surface area contributed by atoms with Crippen LogP contribution in [0.2, 0.25) is 0 Å². The second-order valence-corrected chi connectivity index (χ2v) is 9.24. The quantitative estimate of drug-likeness (QED) is 0.263. The Morgan fingerprint density at radius 3 is 1.96 bits per heavy atom. The molecule has 0 radical (unpaired) electrons. The van der Waals surface area contributed by atoms with Crippen LogP contribution in [0.1, 0.15) is 73.6 Å². The number of ether oxygens (including phenoxy) is 2. The van der Waals surface area contributed by atoms with Crippen molar-refractivity contribution in [1.29, 1.82) is 0 Å². The van der Waals surface area contributed by atoms with Crippen LogP contribution in [-0.2, 0) is 19.1 Å². The van der Waals surface area contributed by atoms with Crippen LogP contribution in [0.25, 0.3) is 0 Å². The molecule has 0 aromatic rings. The lowest BCUT2D eigenvalue weighted by Gasteiger charge is -2.20. The Labute approximate surface area is 171 Å². The number of unbranched alkanes of at least 4 members (excludes halogenated alkanes) is 2. The van der Waals surface area contributed by atoms with Crippen molar-refractivity contribution in [3.8, 4) is 0 Å². The van der Waals surface area contributed by atoms with Gasteiger partial charge in [0.05, 0.1) is 6.54 Å². The summed E-state index contributed by atoms with van der Waals surface area (Å²) < 4.78 is 10.5. The van der Waals surface area contributed by atoms with Gasteiger partial charge in [0.15, 0.2) is 0 Å². The van der Waals surface area contributed by atoms with Crippen LogP contribution in [0.15, 0.2) is 0 Å². The fourth-order valence-electron chi connectivity index (χ4n) is 2.53. The second kappa shape index (κ2) is 13.9. The maximum atomic E-state index is 11.6. The van der Waals surface area contributed by atoms with E-state index >= 15 is 0 Å². The summed E-state index contributed by atoms with van der Waals surface area (Å²) in [6.45, 7) is 15.0. The topological polar surface area (TPSA) is 79.9 Å². The van der Waals surface area contributed by atoms with Crippen molar-refractivity contribution in [2.45, 2.75) is 84.8 Å². The molecular formula is C21H43N3O4. The number of carbonyl (C=O) groups is 2. The van der Waals surface area contributed by atoms with Crippen LogP contribution >= 0.6 is 0 Å². The van der Waals surface area contributed by atoms with E-state index in [-0.39, 0.29) is 18.5 Å². The molecule has 7 nitrogen and oxygen atoms in total. The van der Waals surface area contributed by atoms with Gasteiger partial charge in [-0.3, -0.25) is 14.9 Å². The van der Waals surface area contributed by atoms with Crippen molar-refractivity contribution >= 4 is 11.9 Å². The smallest absolute Gasteiger partial charge is 0.320 e. The van der Waals surface area contributed by atoms with Crippen molar-refractivity contribution in [3.63, 3.8) is 0 Å². The minimum Gasteiger partial charge on any atom is -0.460 e. The zero-order chi connectivity index (χ0) is 21.6. The van der Waals surface area contributed by atoms with E-state index < -0.39 is 11.2 Å². The molecule has 0 fully saturated rings. The number of hydrogen-bond donors (Lipinski definition) is 2. The van der Waals surface area contributed by atoms with Crippen molar-refractivity contribution in [1.82, 2.24) is 15.5 Å². The van der Waals surface area contributed by atoms with Gasteiger partial charge in [0.2, 0.25) is 0 Å². The molecule has 0 bridgehead atoms. The molecular weight excluding hydrogens is 358 g/mol. The van der Waals surface area contributed by atoms with Crippen LogP contribution in [-0.4, -0.2) is 67.9 Å². The first-order valence-electron chi connectivity index (χ1n) is 10.4. The number of esters is 2. The SMILES string of the molecule is CN(CCCCCC(=O)OC(C)(C)C)CCCNCNCC(=O)OC(C)(C)C. The predicted octanol–water partition coefficient (Wildman–Crippen LogP) is 2.69. The minimum absolute atomic E-state index is 0.104. The summed E-state index contributed by atoms with van der Waals surface area (Å²) in [5, 5.41) is 6.30. The molecule has 0 aliphatic carbocycles. The highest BCUT2D eigenvalue weighted by atomic mass is 16.6. The van der Waals surface area contributed by atoms with Crippen molar-refractivity contribution in [2.75, 3.05) is 39.9 Å². The highest BCUT2D eigenvalue weighted by Crippen LogP contribution is 2.10. The van der Waals surface area contributed by atoms with Gasteiger partial charge in [-0.15, -0.1) is 0 Å². The van der Waals surface area contributed by atoms with Gasteiger partial charge in [0, 0.05) is 13.1 Å². The van der Waals surface area contributed by atoms with E-state index in [0.717, 1.165) is 45.3 Å². The third kappa shape index (κ3) is 19.6. The van der Waals surface area contributed by atoms with Crippen LogP contribution in [0.3, 0.4) is 0 Å². The minimum atomic E-state index is -0.438. The lowest BCUT2D eigenvalue weighted by atomic mass is 10.1. The Morgan fingerprint density at radius 2 is 1.36 bits per heavy atom. The normalized spacial score (nSPS) is 12.3. The van der Waals surface area contributed by atoms with Gasteiger partial charge in [-0.25, -0.2) is 0 Å². The average molecular weight is 402 g/mol. The Balaban J connectivity index is 3.48. The molecule has 0 heterocycles. The van der Waals surface area contributed by atoms with Gasteiger partial charge in [-0.05, 0) is 87.5 Å². The Hall–Kier alpha value is -1.18. The number of nitrogens with one attached hydrogen (secondary N) is 2. The molecule has 7 heteroatoms. The summed E-state index contributed by atoms with van der Waals surface area (Å²) >= 11 is 0. The standard InChI is InChI=1S/C21H43N3O4/c1-20(2,3)27-18(25)12-9-8-10-14-24(7)15-11-13-22-17-23-16-19(26)28-21(4,5)6/h22-23H,8-17H2,1-7H3. The number of rotatable bonds is 14. The summed E-state index contributed by atoms with van der Waals surface area (Å²) in [5.74, 6) is -0.340. The van der Waals surface area contributed by atoms with E-state index in [1.54, 1.807) is 0 Å². The summed E-state index contributed by atoms with van der Waals surface area (Å²) in [5.41, 5.74) is -0.830. The zero-order valence-electron chi connectivity index (χ0n) is 19.2. The van der Waals surface area contributed by atoms with Gasteiger partial charge >= 0.3 is 11.9 Å². The number of carbonyl (C=O) groups excluding carboxylic acids is 2. The monoisotopic (exact) mass is 401 g/mol. The summed E-state index contributed by atoms with van der Waals surface area (Å²) in [6, 6.07) is 0. The van der Waals surface area contributed by atoms with Crippen molar-refractivity contribution < 1.29 is 19.1 Å². The maximum Gasteiger partial charge on any atom is 0.320 e. The first-order chi connectivity index (χ1) is 12.9. The third-order valence-corrected chi connectivity index (χ3v) is 3.67. The molecule has 0 aromatic heterocycles. The molecule has 0 aromatic carbocycles. The molecule has 2 N–H and O–H groups in total. The molecule has 0 saturated carbocycles. The Kier molecular flexibility index (Phi) is 13.3. The Morgan fingerprint density at radius 1 is 0.786 bits per heavy atom. The largest absolute Gasteiger partial charge is 0.460 e. The van der Waals surface area contributed by atoms with Gasteiger partial charge < -0.3 is 19.7 Å². The summed E-state index contributed by atoms with van der Waals surface area (Å²) in [6.07, 6.45) is 4.55. The van der Waals surface area contributed by atoms with E-state index in [1.165, 1.54) is 0 Å². The molecule has 166 valence electrons. The highest BCUT2D eigenvalue weighted by molar-refractivity contribution is 5.72. The molecule has 0 amide bonds. The van der Waals surface area contributed by atoms with Gasteiger partial charge in [0.25, 0.3) is 0 Å². The molecule has 0 rings (SSSR count). The van der Waals surface area contributed by atoms with E-state index in [0.29, 0.717) is 13.1 Å². The fourth-order valence-corrected chi connectivity index (χ4v) is 2.53. The van der Waals surface area contributed by atoms with Gasteiger partial charge in [0.1, 0.15) is 11.2 Å². The van der Waals surface area contributed by atoms with E-state index in [9.17, 15) is 9.59 Å². The van der Waals surface area contributed by atoms with Crippen molar-refractivity contribution in [3.05, 3.63) is 0 Å². The lowest BCUT2D eigenvalue weighted by molar-refractivity contribution is -0.155. The second-order valence-electron chi connectivity index (χ2n) is 9.24. The highest BCUT2D eigenvalue weighted by Gasteiger charge is 2.16. The van der Waals surface area contributed by atoms with Crippen LogP contribution in [0.5, 0.6) is 0 Å². The van der Waals surface area contributed by atoms with Crippen molar-refractivity contribution in [2.24, 2.45) is 0 Å². The first kappa shape index (κ1) is 26.8. The fraction of sp³-hybridized carbons (Fsp3) is 0.905. The number of hydrogen-bond acceptors (Lipinski definition) is 7. The Bertz CT molecular complexity index is 442.